The molecule has 3 atom stereocenters. The van der Waals surface area contributed by atoms with Crippen molar-refractivity contribution >= 4 is 44.5 Å². The molecule has 2 heterocycles. The highest BCUT2D eigenvalue weighted by Gasteiger charge is 2.39. The quantitative estimate of drug-likeness (QED) is 0.865. The first-order chi connectivity index (χ1) is 9.86. The van der Waals surface area contributed by atoms with Crippen LogP contribution < -0.4 is 5.73 Å². The Balaban J connectivity index is 2.37. The molecular weight excluding hydrogens is 348 g/mol. The Kier molecular flexibility index (Phi) is 6.01. The van der Waals surface area contributed by atoms with Crippen molar-refractivity contribution < 1.29 is 8.42 Å². The molecule has 2 rings (SSSR count). The fraction of sp³-hybridized carbons (Fsp3) is 0.692. The third-order valence-corrected chi connectivity index (χ3v) is 8.29. The number of thioether (sulfide) groups is 1. The minimum atomic E-state index is -3.13. The highest BCUT2D eigenvalue weighted by atomic mass is 35.5. The zero-order valence-electron chi connectivity index (χ0n) is 12.2. The maximum atomic E-state index is 12.4. The molecule has 1 aliphatic heterocycles. The standard InChI is InChI=1S/C13H21ClN2O2S3/c1-3-21(17,18)12-8-19-7-6-16(12)13(9(2)15)10-4-5-11(14)20-10/h4-5,9,12-13H,3,6-8,15H2,1-2H3. The summed E-state index contributed by atoms with van der Waals surface area (Å²) in [4.78, 5) is 3.10. The summed E-state index contributed by atoms with van der Waals surface area (Å²) < 4.78 is 25.5. The van der Waals surface area contributed by atoms with E-state index in [0.717, 1.165) is 17.2 Å². The summed E-state index contributed by atoms with van der Waals surface area (Å²) in [5, 5.41) is -0.460. The predicted molar refractivity (Wildman–Crippen MR) is 93.0 cm³/mol. The van der Waals surface area contributed by atoms with Gasteiger partial charge in [-0.1, -0.05) is 18.5 Å². The van der Waals surface area contributed by atoms with Gasteiger partial charge in [0.15, 0.2) is 9.84 Å². The molecule has 0 spiro atoms. The number of hydrogen-bond donors (Lipinski definition) is 1. The van der Waals surface area contributed by atoms with E-state index in [1.54, 1.807) is 18.7 Å². The van der Waals surface area contributed by atoms with Gasteiger partial charge in [0.05, 0.1) is 10.4 Å². The molecular formula is C13H21ClN2O2S3. The predicted octanol–water partition coefficient (Wildman–Crippen LogP) is 2.60. The van der Waals surface area contributed by atoms with Crippen LogP contribution in [0.3, 0.4) is 0 Å². The van der Waals surface area contributed by atoms with Gasteiger partial charge < -0.3 is 5.73 Å². The molecule has 0 amide bonds. The van der Waals surface area contributed by atoms with Crippen molar-refractivity contribution in [2.75, 3.05) is 23.8 Å². The van der Waals surface area contributed by atoms with Crippen LogP contribution in [0.4, 0.5) is 0 Å². The van der Waals surface area contributed by atoms with E-state index in [4.69, 9.17) is 17.3 Å². The normalized spacial score (nSPS) is 23.9. The second-order valence-electron chi connectivity index (χ2n) is 5.16. The highest BCUT2D eigenvalue weighted by Crippen LogP contribution is 2.36. The minimum absolute atomic E-state index is 0.102. The summed E-state index contributed by atoms with van der Waals surface area (Å²) in [6.45, 7) is 4.36. The van der Waals surface area contributed by atoms with Crippen LogP contribution in [0.25, 0.3) is 0 Å². The number of hydrogen-bond acceptors (Lipinski definition) is 6. The molecule has 0 saturated carbocycles. The monoisotopic (exact) mass is 368 g/mol. The molecule has 120 valence electrons. The summed E-state index contributed by atoms with van der Waals surface area (Å²) in [6.07, 6.45) is 0. The second-order valence-corrected chi connectivity index (χ2v) is 10.5. The van der Waals surface area contributed by atoms with Crippen LogP contribution in [-0.2, 0) is 9.84 Å². The molecule has 2 N–H and O–H groups in total. The Labute approximate surface area is 140 Å². The van der Waals surface area contributed by atoms with Gasteiger partial charge in [0.1, 0.15) is 5.37 Å². The van der Waals surface area contributed by atoms with E-state index in [1.165, 1.54) is 11.3 Å². The van der Waals surface area contributed by atoms with Crippen LogP contribution in [-0.4, -0.2) is 48.5 Å². The third-order valence-electron chi connectivity index (χ3n) is 3.68. The van der Waals surface area contributed by atoms with E-state index in [2.05, 4.69) is 4.90 Å². The summed E-state index contributed by atoms with van der Waals surface area (Å²) in [7, 11) is -3.13. The fourth-order valence-electron chi connectivity index (χ4n) is 2.63. The van der Waals surface area contributed by atoms with E-state index in [1.807, 2.05) is 19.1 Å². The number of sulfone groups is 1. The van der Waals surface area contributed by atoms with Gasteiger partial charge in [0, 0.05) is 34.7 Å². The zero-order chi connectivity index (χ0) is 15.6. The first-order valence-electron chi connectivity index (χ1n) is 6.92. The smallest absolute Gasteiger partial charge is 0.166 e. The lowest BCUT2D eigenvalue weighted by atomic mass is 10.1. The number of thiophene rings is 1. The van der Waals surface area contributed by atoms with Crippen molar-refractivity contribution in [3.63, 3.8) is 0 Å². The lowest BCUT2D eigenvalue weighted by molar-refractivity contribution is 0.175. The van der Waals surface area contributed by atoms with Gasteiger partial charge in [-0.05, 0) is 19.1 Å². The lowest BCUT2D eigenvalue weighted by Gasteiger charge is -2.41. The van der Waals surface area contributed by atoms with Crippen LogP contribution in [0.15, 0.2) is 12.1 Å². The Morgan fingerprint density at radius 1 is 1.52 bits per heavy atom. The number of rotatable bonds is 5. The summed E-state index contributed by atoms with van der Waals surface area (Å²) in [5.74, 6) is 1.70. The van der Waals surface area contributed by atoms with Crippen LogP contribution in [0, 0.1) is 0 Å². The molecule has 0 aromatic carbocycles. The number of nitrogens with zero attached hydrogens (tertiary/aromatic N) is 1. The number of halogens is 1. The largest absolute Gasteiger partial charge is 0.326 e. The van der Waals surface area contributed by atoms with E-state index in [9.17, 15) is 8.42 Å². The van der Waals surface area contributed by atoms with E-state index in [-0.39, 0.29) is 17.8 Å². The van der Waals surface area contributed by atoms with Gasteiger partial charge in [-0.3, -0.25) is 4.90 Å². The molecule has 0 bridgehead atoms. The van der Waals surface area contributed by atoms with Gasteiger partial charge >= 0.3 is 0 Å². The molecule has 0 aliphatic carbocycles. The summed E-state index contributed by atoms with van der Waals surface area (Å²) in [5.41, 5.74) is 6.18. The SMILES string of the molecule is CCS(=O)(=O)C1CSCCN1C(c1ccc(Cl)s1)C(C)N. The highest BCUT2D eigenvalue weighted by molar-refractivity contribution is 8.01. The average Bonchev–Trinajstić information content (AvgIpc) is 2.85. The van der Waals surface area contributed by atoms with Crippen LogP contribution in [0.5, 0.6) is 0 Å². The maximum absolute atomic E-state index is 12.4. The topological polar surface area (TPSA) is 63.4 Å². The summed E-state index contributed by atoms with van der Waals surface area (Å²) in [6, 6.07) is 3.55. The Morgan fingerprint density at radius 3 is 2.76 bits per heavy atom. The minimum Gasteiger partial charge on any atom is -0.326 e. The van der Waals surface area contributed by atoms with Gasteiger partial charge in [0.25, 0.3) is 0 Å². The zero-order valence-corrected chi connectivity index (χ0v) is 15.4. The van der Waals surface area contributed by atoms with Gasteiger partial charge in [-0.15, -0.1) is 11.3 Å². The summed E-state index contributed by atoms with van der Waals surface area (Å²) >= 11 is 9.21. The van der Waals surface area contributed by atoms with Crippen molar-refractivity contribution in [2.45, 2.75) is 31.3 Å². The first kappa shape index (κ1) is 17.6. The van der Waals surface area contributed by atoms with Crippen LogP contribution in [0.1, 0.15) is 24.8 Å². The Bertz CT molecular complexity index is 574. The van der Waals surface area contributed by atoms with Crippen LogP contribution >= 0.6 is 34.7 Å². The lowest BCUT2D eigenvalue weighted by Crippen LogP contribution is -2.52. The molecule has 4 nitrogen and oxygen atoms in total. The first-order valence-corrected chi connectivity index (χ1v) is 11.0. The van der Waals surface area contributed by atoms with Crippen molar-refractivity contribution in [1.82, 2.24) is 4.90 Å². The maximum Gasteiger partial charge on any atom is 0.166 e. The Morgan fingerprint density at radius 2 is 2.24 bits per heavy atom. The third kappa shape index (κ3) is 3.95. The molecule has 3 unspecified atom stereocenters. The van der Waals surface area contributed by atoms with E-state index >= 15 is 0 Å². The molecule has 1 saturated heterocycles. The van der Waals surface area contributed by atoms with E-state index in [0.29, 0.717) is 10.1 Å². The molecule has 1 aliphatic rings. The van der Waals surface area contributed by atoms with Crippen molar-refractivity contribution in [3.8, 4) is 0 Å². The van der Waals surface area contributed by atoms with Gasteiger partial charge in [-0.2, -0.15) is 11.8 Å². The van der Waals surface area contributed by atoms with Crippen molar-refractivity contribution in [1.29, 1.82) is 0 Å². The number of nitrogens with two attached hydrogens (primary N) is 1. The molecule has 1 aromatic rings. The van der Waals surface area contributed by atoms with Crippen molar-refractivity contribution in [2.24, 2.45) is 5.73 Å². The van der Waals surface area contributed by atoms with E-state index < -0.39 is 15.2 Å². The Hall–Kier alpha value is 0.210. The molecule has 1 fully saturated rings. The van der Waals surface area contributed by atoms with Crippen molar-refractivity contribution in [3.05, 3.63) is 21.3 Å². The average molecular weight is 369 g/mol. The van der Waals surface area contributed by atoms with Gasteiger partial charge in [-0.25, -0.2) is 8.42 Å². The molecule has 0 radical (unpaired) electrons. The fourth-order valence-corrected chi connectivity index (χ4v) is 6.98. The molecule has 1 aromatic heterocycles. The molecule has 21 heavy (non-hydrogen) atoms. The van der Waals surface area contributed by atoms with Gasteiger partial charge in [0.2, 0.25) is 0 Å². The second kappa shape index (κ2) is 7.19. The molecule has 8 heteroatoms. The van der Waals surface area contributed by atoms with Crippen LogP contribution in [0.2, 0.25) is 4.34 Å².